The van der Waals surface area contributed by atoms with Crippen molar-refractivity contribution in [3.8, 4) is 0 Å². The third-order valence-electron chi connectivity index (χ3n) is 1.85. The van der Waals surface area contributed by atoms with Crippen molar-refractivity contribution >= 4 is 7.82 Å². The number of quaternary nitrogens is 1. The van der Waals surface area contributed by atoms with Crippen molar-refractivity contribution in [2.75, 3.05) is 54.1 Å². The lowest BCUT2D eigenvalue weighted by Crippen LogP contribution is -2.37. The van der Waals surface area contributed by atoms with Crippen molar-refractivity contribution in [2.45, 2.75) is 6.92 Å². The fourth-order valence-corrected chi connectivity index (χ4v) is 1.62. The minimum Gasteiger partial charge on any atom is -0.375 e. The highest BCUT2D eigenvalue weighted by atomic mass is 31.2. The highest BCUT2D eigenvalue weighted by Gasteiger charge is 2.22. The van der Waals surface area contributed by atoms with Gasteiger partial charge in [-0.05, 0) is 6.92 Å². The number of likely N-dealkylation sites (N-methyl/N-ethyl adjacent to an activating group) is 1. The van der Waals surface area contributed by atoms with Crippen LogP contribution < -0.4 is 0 Å². The number of hydrogen-bond acceptors (Lipinski definition) is 4. The Morgan fingerprint density at radius 1 is 1.22 bits per heavy atom. The minimum absolute atomic E-state index is 0.0193. The molecule has 0 heterocycles. The molecule has 6 nitrogen and oxygen atoms in total. The second kappa shape index (κ2) is 8.04. The molecule has 1 N–H and O–H groups in total. The van der Waals surface area contributed by atoms with E-state index >= 15 is 0 Å². The predicted octanol–water partition coefficient (Wildman–Crippen LogP) is 1.42. The lowest BCUT2D eigenvalue weighted by molar-refractivity contribution is -0.870. The van der Waals surface area contributed by atoms with Gasteiger partial charge < -0.3 is 14.1 Å². The van der Waals surface area contributed by atoms with Crippen LogP contribution in [-0.2, 0) is 18.3 Å². The van der Waals surface area contributed by atoms with Gasteiger partial charge in [0.1, 0.15) is 13.2 Å². The van der Waals surface area contributed by atoms with Gasteiger partial charge in [0.2, 0.25) is 0 Å². The van der Waals surface area contributed by atoms with Crippen LogP contribution in [0.5, 0.6) is 0 Å². The Bertz CT molecular complexity index is 300. The molecule has 0 rings (SSSR count). The lowest BCUT2D eigenvalue weighted by atomic mass is 10.4. The summed E-state index contributed by atoms with van der Waals surface area (Å²) in [5, 5.41) is 0. The molecule has 0 fully saturated rings. The van der Waals surface area contributed by atoms with E-state index in [1.54, 1.807) is 0 Å². The van der Waals surface area contributed by atoms with Crippen LogP contribution in [0.1, 0.15) is 6.92 Å². The van der Waals surface area contributed by atoms with Crippen LogP contribution in [0, 0.1) is 0 Å². The second-order valence-electron chi connectivity index (χ2n) is 5.16. The Balaban J connectivity index is 3.67. The zero-order chi connectivity index (χ0) is 14.2. The summed E-state index contributed by atoms with van der Waals surface area (Å²) in [6, 6.07) is 0. The third kappa shape index (κ3) is 12.2. The van der Waals surface area contributed by atoms with Gasteiger partial charge in [-0.3, -0.25) is 9.05 Å². The first-order valence-corrected chi connectivity index (χ1v) is 7.26. The van der Waals surface area contributed by atoms with E-state index in [4.69, 9.17) is 13.8 Å². The van der Waals surface area contributed by atoms with Crippen LogP contribution >= 0.6 is 7.82 Å². The van der Waals surface area contributed by atoms with E-state index in [1.807, 2.05) is 28.1 Å². The molecule has 0 saturated heterocycles. The summed E-state index contributed by atoms with van der Waals surface area (Å²) >= 11 is 0. The molecule has 0 radical (unpaired) electrons. The normalized spacial score (nSPS) is 15.4. The van der Waals surface area contributed by atoms with E-state index in [0.29, 0.717) is 17.6 Å². The Morgan fingerprint density at radius 3 is 2.28 bits per heavy atom. The molecule has 7 heteroatoms. The quantitative estimate of drug-likeness (QED) is 0.284. The Kier molecular flexibility index (Phi) is 7.94. The molecule has 0 aliphatic heterocycles. The van der Waals surface area contributed by atoms with Crippen molar-refractivity contribution in [2.24, 2.45) is 0 Å². The van der Waals surface area contributed by atoms with Crippen molar-refractivity contribution in [1.82, 2.24) is 0 Å². The smallest absolute Gasteiger partial charge is 0.375 e. The fourth-order valence-electron chi connectivity index (χ4n) is 0.925. The van der Waals surface area contributed by atoms with Gasteiger partial charge >= 0.3 is 7.82 Å². The van der Waals surface area contributed by atoms with Gasteiger partial charge in [-0.1, -0.05) is 12.2 Å². The molecule has 18 heavy (non-hydrogen) atoms. The summed E-state index contributed by atoms with van der Waals surface area (Å²) in [4.78, 5) is 9.35. The monoisotopic (exact) mass is 282 g/mol. The van der Waals surface area contributed by atoms with Crippen molar-refractivity contribution in [3.63, 3.8) is 0 Å². The predicted molar refractivity (Wildman–Crippen MR) is 70.3 cm³/mol. The Morgan fingerprint density at radius 2 is 1.78 bits per heavy atom. The number of nitrogens with zero attached hydrogens (tertiary/aromatic N) is 1. The van der Waals surface area contributed by atoms with E-state index in [9.17, 15) is 9.46 Å². The van der Waals surface area contributed by atoms with Crippen LogP contribution in [0.25, 0.3) is 0 Å². The first-order chi connectivity index (χ1) is 8.12. The highest BCUT2D eigenvalue weighted by molar-refractivity contribution is 7.47. The summed E-state index contributed by atoms with van der Waals surface area (Å²) in [6.07, 6.45) is 0. The van der Waals surface area contributed by atoms with Crippen LogP contribution in [-0.4, -0.2) is 63.5 Å². The molecular weight excluding hydrogens is 257 g/mol. The minimum atomic E-state index is -3.95. The van der Waals surface area contributed by atoms with Gasteiger partial charge in [0, 0.05) is 0 Å². The third-order valence-corrected chi connectivity index (χ3v) is 2.86. The van der Waals surface area contributed by atoms with Crippen LogP contribution in [0.3, 0.4) is 0 Å². The number of phosphoric ester groups is 1. The van der Waals surface area contributed by atoms with Gasteiger partial charge in [0.05, 0.1) is 41.0 Å². The molecule has 1 unspecified atom stereocenters. The Labute approximate surface area is 109 Å². The average Bonchev–Trinajstić information content (AvgIpc) is 2.13. The van der Waals surface area contributed by atoms with E-state index in [2.05, 4.69) is 6.58 Å². The topological polar surface area (TPSA) is 65.0 Å². The second-order valence-corrected chi connectivity index (χ2v) is 6.61. The molecular formula is C11H25NO5P+. The van der Waals surface area contributed by atoms with Crippen molar-refractivity contribution in [3.05, 3.63) is 12.2 Å². The molecule has 0 amide bonds. The molecule has 0 aromatic carbocycles. The molecule has 108 valence electrons. The maximum absolute atomic E-state index is 11.4. The molecule has 0 aromatic heterocycles. The molecule has 0 bridgehead atoms. The summed E-state index contributed by atoms with van der Waals surface area (Å²) < 4.78 is 26.8. The van der Waals surface area contributed by atoms with Crippen LogP contribution in [0.2, 0.25) is 0 Å². The Hall–Kier alpha value is -0.230. The lowest BCUT2D eigenvalue weighted by Gasteiger charge is -2.24. The maximum Gasteiger partial charge on any atom is 0.472 e. The SMILES string of the molecule is C=C(C)COCCOP(=O)(O)OCC[N+](C)(C)C. The fraction of sp³-hybridized carbons (Fsp3) is 0.818. The standard InChI is InChI=1S/C11H24NO5P/c1-11(2)10-15-8-9-17-18(13,14)16-7-6-12(3,4)5/h1,6-10H2,2-5H3/p+1. The summed E-state index contributed by atoms with van der Waals surface area (Å²) in [5.74, 6) is 0. The van der Waals surface area contributed by atoms with E-state index in [-0.39, 0.29) is 19.8 Å². The highest BCUT2D eigenvalue weighted by Crippen LogP contribution is 2.42. The first-order valence-electron chi connectivity index (χ1n) is 5.77. The summed E-state index contributed by atoms with van der Waals surface area (Å²) in [6.45, 7) is 6.97. The van der Waals surface area contributed by atoms with Gasteiger partial charge in [-0.2, -0.15) is 0 Å². The molecule has 0 aliphatic rings. The first kappa shape index (κ1) is 17.8. The molecule has 0 spiro atoms. The zero-order valence-corrected chi connectivity index (χ0v) is 12.6. The van der Waals surface area contributed by atoms with Crippen LogP contribution in [0.15, 0.2) is 12.2 Å². The molecule has 0 aliphatic carbocycles. The summed E-state index contributed by atoms with van der Waals surface area (Å²) in [7, 11) is 1.96. The number of hydrogen-bond donors (Lipinski definition) is 1. The van der Waals surface area contributed by atoms with Gasteiger partial charge in [0.15, 0.2) is 0 Å². The van der Waals surface area contributed by atoms with Crippen molar-refractivity contribution < 1.29 is 27.7 Å². The van der Waals surface area contributed by atoms with Gasteiger partial charge in [0.25, 0.3) is 0 Å². The molecule has 0 saturated carbocycles. The van der Waals surface area contributed by atoms with Gasteiger partial charge in [-0.25, -0.2) is 4.57 Å². The maximum atomic E-state index is 11.4. The number of rotatable bonds is 10. The number of phosphoric acid groups is 1. The van der Waals surface area contributed by atoms with E-state index in [1.165, 1.54) is 0 Å². The molecule has 1 atom stereocenters. The number of ether oxygens (including phenoxy) is 1. The van der Waals surface area contributed by atoms with E-state index < -0.39 is 7.82 Å². The molecule has 0 aromatic rings. The van der Waals surface area contributed by atoms with Gasteiger partial charge in [-0.15, -0.1) is 0 Å². The largest absolute Gasteiger partial charge is 0.472 e. The van der Waals surface area contributed by atoms with E-state index in [0.717, 1.165) is 5.57 Å². The summed E-state index contributed by atoms with van der Waals surface area (Å²) in [5.41, 5.74) is 0.890. The zero-order valence-electron chi connectivity index (χ0n) is 11.7. The van der Waals surface area contributed by atoms with Crippen molar-refractivity contribution in [1.29, 1.82) is 0 Å². The van der Waals surface area contributed by atoms with Crippen LogP contribution in [0.4, 0.5) is 0 Å². The average molecular weight is 282 g/mol.